The maximum absolute atomic E-state index is 13.9. The Morgan fingerprint density at radius 1 is 1.35 bits per heavy atom. The summed E-state index contributed by atoms with van der Waals surface area (Å²) >= 11 is 0. The van der Waals surface area contributed by atoms with Crippen molar-refractivity contribution in [2.45, 2.75) is 38.2 Å². The van der Waals surface area contributed by atoms with Gasteiger partial charge in [0.15, 0.2) is 11.6 Å². The molecular weight excluding hydrogens is 327 g/mol. The van der Waals surface area contributed by atoms with Gasteiger partial charge in [0, 0.05) is 0 Å². The van der Waals surface area contributed by atoms with Crippen LogP contribution in [0.15, 0.2) is 18.2 Å². The Balaban J connectivity index is 2.05. The minimum atomic E-state index is -4.20. The van der Waals surface area contributed by atoms with Crippen molar-refractivity contribution in [3.05, 3.63) is 29.6 Å². The molecule has 1 fully saturated rings. The van der Waals surface area contributed by atoms with Crippen LogP contribution in [-0.2, 0) is 14.9 Å². The van der Waals surface area contributed by atoms with Gasteiger partial charge in [-0.25, -0.2) is 9.18 Å². The Morgan fingerprint density at radius 2 is 2.00 bits per heavy atom. The van der Waals surface area contributed by atoms with Crippen molar-refractivity contribution in [3.8, 4) is 5.75 Å². The van der Waals surface area contributed by atoms with Crippen LogP contribution >= 0.6 is 0 Å². The normalized spacial score (nSPS) is 17.0. The minimum absolute atomic E-state index is 0.0290. The van der Waals surface area contributed by atoms with Gasteiger partial charge in [-0.05, 0) is 50.8 Å². The highest BCUT2D eigenvalue weighted by atomic mass is 32.2. The fourth-order valence-electron chi connectivity index (χ4n) is 2.52. The topological polar surface area (TPSA) is 89.9 Å². The number of rotatable bonds is 6. The molecule has 0 amide bonds. The Labute approximate surface area is 134 Å². The van der Waals surface area contributed by atoms with Crippen molar-refractivity contribution in [1.29, 1.82) is 0 Å². The molecule has 0 unspecified atom stereocenters. The molecule has 0 radical (unpaired) electrons. The predicted octanol–water partition coefficient (Wildman–Crippen LogP) is 2.58. The average molecular weight is 346 g/mol. The number of hydrogen-bond donors (Lipinski definition) is 1. The summed E-state index contributed by atoms with van der Waals surface area (Å²) in [5.74, 6) is -2.11. The van der Waals surface area contributed by atoms with E-state index in [0.29, 0.717) is 0 Å². The molecule has 0 spiro atoms. The van der Waals surface area contributed by atoms with E-state index in [1.54, 1.807) is 0 Å². The number of ether oxygens (including phenoxy) is 2. The maximum Gasteiger partial charge on any atom is 0.338 e. The third-order valence-electron chi connectivity index (χ3n) is 3.76. The van der Waals surface area contributed by atoms with Crippen LogP contribution in [-0.4, -0.2) is 36.9 Å². The van der Waals surface area contributed by atoms with Crippen LogP contribution in [0, 0.1) is 5.82 Å². The van der Waals surface area contributed by atoms with Crippen molar-refractivity contribution in [3.63, 3.8) is 0 Å². The molecule has 0 heterocycles. The van der Waals surface area contributed by atoms with Gasteiger partial charge in [-0.15, -0.1) is 0 Å². The van der Waals surface area contributed by atoms with Gasteiger partial charge in [0.1, 0.15) is 18.0 Å². The third-order valence-corrected chi connectivity index (χ3v) is 4.44. The lowest BCUT2D eigenvalue weighted by Gasteiger charge is -2.26. The van der Waals surface area contributed by atoms with Crippen LogP contribution in [0.1, 0.15) is 43.0 Å². The predicted molar refractivity (Wildman–Crippen MR) is 80.6 cm³/mol. The number of esters is 1. The van der Waals surface area contributed by atoms with E-state index in [0.717, 1.165) is 31.7 Å². The fourth-order valence-corrected chi connectivity index (χ4v) is 2.82. The third kappa shape index (κ3) is 5.18. The van der Waals surface area contributed by atoms with E-state index >= 15 is 0 Å². The van der Waals surface area contributed by atoms with E-state index in [2.05, 4.69) is 0 Å². The van der Waals surface area contributed by atoms with Gasteiger partial charge < -0.3 is 9.47 Å². The molecule has 1 aliphatic rings. The number of hydrogen-bond acceptors (Lipinski definition) is 5. The second-order valence-electron chi connectivity index (χ2n) is 5.83. The highest BCUT2D eigenvalue weighted by Gasteiger charge is 2.31. The van der Waals surface area contributed by atoms with E-state index in [1.165, 1.54) is 12.1 Å². The van der Waals surface area contributed by atoms with Crippen molar-refractivity contribution >= 4 is 16.1 Å². The van der Waals surface area contributed by atoms with Crippen molar-refractivity contribution < 1.29 is 31.6 Å². The molecule has 2 rings (SSSR count). The van der Waals surface area contributed by atoms with Gasteiger partial charge in [0.05, 0.1) is 5.56 Å². The lowest BCUT2D eigenvalue weighted by atomic mass is 10.1. The Kier molecular flexibility index (Phi) is 5.26. The van der Waals surface area contributed by atoms with Crippen LogP contribution in [0.3, 0.4) is 0 Å². The molecule has 1 N–H and O–H groups in total. The van der Waals surface area contributed by atoms with Crippen molar-refractivity contribution in [2.75, 3.05) is 12.4 Å². The van der Waals surface area contributed by atoms with E-state index in [9.17, 15) is 17.6 Å². The van der Waals surface area contributed by atoms with Gasteiger partial charge in [0.25, 0.3) is 10.1 Å². The zero-order valence-corrected chi connectivity index (χ0v) is 13.6. The van der Waals surface area contributed by atoms with E-state index in [-0.39, 0.29) is 11.3 Å². The minimum Gasteiger partial charge on any atom is -0.484 e. The average Bonchev–Trinajstić information content (AvgIpc) is 2.86. The second kappa shape index (κ2) is 6.84. The molecule has 1 aromatic carbocycles. The van der Waals surface area contributed by atoms with Crippen LogP contribution in [0.4, 0.5) is 4.39 Å². The van der Waals surface area contributed by atoms with Gasteiger partial charge in [-0.3, -0.25) is 4.55 Å². The molecule has 0 bridgehead atoms. The summed E-state index contributed by atoms with van der Waals surface area (Å²) in [5.41, 5.74) is -0.396. The molecule has 23 heavy (non-hydrogen) atoms. The lowest BCUT2D eigenvalue weighted by Crippen LogP contribution is -2.28. The molecule has 0 saturated heterocycles. The highest BCUT2D eigenvalue weighted by Crippen LogP contribution is 2.35. The van der Waals surface area contributed by atoms with Crippen LogP contribution in [0.2, 0.25) is 0 Å². The molecule has 128 valence electrons. The first-order valence-electron chi connectivity index (χ1n) is 7.29. The van der Waals surface area contributed by atoms with E-state index < -0.39 is 39.9 Å². The summed E-state index contributed by atoms with van der Waals surface area (Å²) in [7, 11) is -4.20. The van der Waals surface area contributed by atoms with Gasteiger partial charge in [0.2, 0.25) is 0 Å². The molecule has 1 aromatic rings. The maximum atomic E-state index is 13.9. The van der Waals surface area contributed by atoms with Crippen LogP contribution < -0.4 is 4.74 Å². The Hall–Kier alpha value is -1.67. The summed E-state index contributed by atoms with van der Waals surface area (Å²) in [6.45, 7) is 1.42. The quantitative estimate of drug-likeness (QED) is 0.629. The first kappa shape index (κ1) is 17.7. The Bertz CT molecular complexity index is 679. The standard InChI is InChI=1S/C15H19FO6S/c1-15(6-2-3-7-15)22-13-10-11(4-5-12(13)16)14(17)21-8-9-23(18,19)20/h4-5,10H,2-3,6-9H2,1H3,(H,18,19,20). The summed E-state index contributed by atoms with van der Waals surface area (Å²) < 4.78 is 54.1. The number of carbonyl (C=O) groups excluding carboxylic acids is 1. The molecule has 0 atom stereocenters. The smallest absolute Gasteiger partial charge is 0.338 e. The first-order valence-corrected chi connectivity index (χ1v) is 8.90. The molecule has 6 nitrogen and oxygen atoms in total. The molecule has 1 saturated carbocycles. The number of halogens is 1. The highest BCUT2D eigenvalue weighted by molar-refractivity contribution is 7.85. The van der Waals surface area contributed by atoms with Crippen molar-refractivity contribution in [1.82, 2.24) is 0 Å². The largest absolute Gasteiger partial charge is 0.484 e. The van der Waals surface area contributed by atoms with Gasteiger partial charge in [-0.2, -0.15) is 8.42 Å². The fraction of sp³-hybridized carbons (Fsp3) is 0.533. The second-order valence-corrected chi connectivity index (χ2v) is 7.40. The summed E-state index contributed by atoms with van der Waals surface area (Å²) in [4.78, 5) is 11.8. The molecule has 0 aliphatic heterocycles. The molecule has 1 aliphatic carbocycles. The van der Waals surface area contributed by atoms with Crippen LogP contribution in [0.5, 0.6) is 5.75 Å². The van der Waals surface area contributed by atoms with Crippen LogP contribution in [0.25, 0.3) is 0 Å². The first-order chi connectivity index (χ1) is 10.7. The molecular formula is C15H19FO6S. The number of benzene rings is 1. The molecule has 0 aromatic heterocycles. The zero-order valence-electron chi connectivity index (χ0n) is 12.7. The van der Waals surface area contributed by atoms with Gasteiger partial charge >= 0.3 is 5.97 Å². The van der Waals surface area contributed by atoms with Crippen molar-refractivity contribution in [2.24, 2.45) is 0 Å². The summed E-state index contributed by atoms with van der Waals surface area (Å²) in [6.07, 6.45) is 3.65. The lowest BCUT2D eigenvalue weighted by molar-refractivity contribution is 0.0524. The monoisotopic (exact) mass is 346 g/mol. The summed E-state index contributed by atoms with van der Waals surface area (Å²) in [5, 5.41) is 0. The van der Waals surface area contributed by atoms with E-state index in [1.807, 2.05) is 6.92 Å². The molecule has 8 heteroatoms. The number of carbonyl (C=O) groups is 1. The Morgan fingerprint density at radius 3 is 2.61 bits per heavy atom. The SMILES string of the molecule is CC1(Oc2cc(C(=O)OCCS(=O)(=O)O)ccc2F)CCCC1. The van der Waals surface area contributed by atoms with Gasteiger partial charge in [-0.1, -0.05) is 0 Å². The summed E-state index contributed by atoms with van der Waals surface area (Å²) in [6, 6.07) is 3.58. The zero-order chi connectivity index (χ0) is 17.1. The van der Waals surface area contributed by atoms with E-state index in [4.69, 9.17) is 14.0 Å².